The number of sulfonamides is 1. The molecule has 0 aromatic heterocycles. The standard InChI is InChI=1S/C14H20F2N2O2S/c1-2-10-5-3-4-8-18(10)21(19,20)13-7-6-12(15)11(9-17)14(13)16/h6-7,10H,2-5,8-9,17H2,1H3. The topological polar surface area (TPSA) is 63.4 Å². The molecule has 7 heteroatoms. The predicted molar refractivity (Wildman–Crippen MR) is 76.1 cm³/mol. The summed E-state index contributed by atoms with van der Waals surface area (Å²) in [7, 11) is -3.97. The van der Waals surface area contributed by atoms with Crippen LogP contribution >= 0.6 is 0 Å². The third kappa shape index (κ3) is 2.95. The Morgan fingerprint density at radius 1 is 1.33 bits per heavy atom. The van der Waals surface area contributed by atoms with Crippen molar-refractivity contribution in [3.05, 3.63) is 29.3 Å². The van der Waals surface area contributed by atoms with E-state index in [1.165, 1.54) is 4.31 Å². The molecule has 1 fully saturated rings. The molecule has 2 N–H and O–H groups in total. The molecule has 118 valence electrons. The summed E-state index contributed by atoms with van der Waals surface area (Å²) in [6.07, 6.45) is 3.15. The second-order valence-electron chi connectivity index (χ2n) is 5.22. The maximum atomic E-state index is 14.3. The molecule has 1 atom stereocenters. The molecule has 4 nitrogen and oxygen atoms in total. The zero-order chi connectivity index (χ0) is 15.6. The second-order valence-corrected chi connectivity index (χ2v) is 7.07. The highest BCUT2D eigenvalue weighted by Crippen LogP contribution is 2.29. The van der Waals surface area contributed by atoms with Gasteiger partial charge in [0.05, 0.1) is 0 Å². The highest BCUT2D eigenvalue weighted by Gasteiger charge is 2.35. The summed E-state index contributed by atoms with van der Waals surface area (Å²) in [5, 5.41) is 0. The lowest BCUT2D eigenvalue weighted by Crippen LogP contribution is -2.43. The van der Waals surface area contributed by atoms with Crippen molar-refractivity contribution in [3.63, 3.8) is 0 Å². The number of nitrogens with zero attached hydrogens (tertiary/aromatic N) is 1. The monoisotopic (exact) mass is 318 g/mol. The van der Waals surface area contributed by atoms with Gasteiger partial charge >= 0.3 is 0 Å². The Bertz CT molecular complexity index is 620. The Labute approximate surface area is 124 Å². The molecule has 1 saturated heterocycles. The van der Waals surface area contributed by atoms with Crippen molar-refractivity contribution in [1.82, 2.24) is 4.31 Å². The number of hydrogen-bond acceptors (Lipinski definition) is 3. The molecule has 1 aliphatic heterocycles. The Morgan fingerprint density at radius 2 is 2.05 bits per heavy atom. The van der Waals surface area contributed by atoms with E-state index in [9.17, 15) is 17.2 Å². The lowest BCUT2D eigenvalue weighted by molar-refractivity contribution is 0.246. The average molecular weight is 318 g/mol. The van der Waals surface area contributed by atoms with Gasteiger partial charge in [-0.2, -0.15) is 4.31 Å². The number of hydrogen-bond donors (Lipinski definition) is 1. The lowest BCUT2D eigenvalue weighted by atomic mass is 10.0. The smallest absolute Gasteiger partial charge is 0.246 e. The molecule has 1 aliphatic rings. The van der Waals surface area contributed by atoms with Gasteiger partial charge in [-0.1, -0.05) is 13.3 Å². The third-order valence-corrected chi connectivity index (χ3v) is 5.96. The van der Waals surface area contributed by atoms with Crippen LogP contribution < -0.4 is 5.73 Å². The number of benzene rings is 1. The van der Waals surface area contributed by atoms with Crippen LogP contribution in [0, 0.1) is 11.6 Å². The summed E-state index contributed by atoms with van der Waals surface area (Å²) >= 11 is 0. The van der Waals surface area contributed by atoms with Crippen LogP contribution in [0.4, 0.5) is 8.78 Å². The van der Waals surface area contributed by atoms with Crippen molar-refractivity contribution < 1.29 is 17.2 Å². The first kappa shape index (κ1) is 16.3. The van der Waals surface area contributed by atoms with E-state index < -0.39 is 26.6 Å². The van der Waals surface area contributed by atoms with E-state index in [-0.39, 0.29) is 18.2 Å². The summed E-state index contributed by atoms with van der Waals surface area (Å²) in [5.41, 5.74) is 4.92. The van der Waals surface area contributed by atoms with Gasteiger partial charge in [-0.05, 0) is 31.4 Å². The van der Waals surface area contributed by atoms with Gasteiger partial charge in [0.2, 0.25) is 10.0 Å². The molecule has 1 aromatic carbocycles. The maximum Gasteiger partial charge on any atom is 0.246 e. The summed E-state index contributed by atoms with van der Waals surface area (Å²) in [5.74, 6) is -1.89. The molecule has 0 spiro atoms. The van der Waals surface area contributed by atoms with Gasteiger partial charge < -0.3 is 5.73 Å². The summed E-state index contributed by atoms with van der Waals surface area (Å²) in [4.78, 5) is -0.482. The van der Waals surface area contributed by atoms with Crippen molar-refractivity contribution in [2.45, 2.75) is 50.1 Å². The van der Waals surface area contributed by atoms with Crippen molar-refractivity contribution in [3.8, 4) is 0 Å². The van der Waals surface area contributed by atoms with Gasteiger partial charge in [-0.3, -0.25) is 0 Å². The predicted octanol–water partition coefficient (Wildman–Crippen LogP) is 2.38. The second kappa shape index (κ2) is 6.37. The molecule has 0 saturated carbocycles. The van der Waals surface area contributed by atoms with Gasteiger partial charge in [0.25, 0.3) is 0 Å². The van der Waals surface area contributed by atoms with Gasteiger partial charge in [0.15, 0.2) is 5.82 Å². The number of halogens is 2. The van der Waals surface area contributed by atoms with E-state index in [1.54, 1.807) is 0 Å². The van der Waals surface area contributed by atoms with Crippen molar-refractivity contribution >= 4 is 10.0 Å². The normalized spacial score (nSPS) is 20.7. The SMILES string of the molecule is CCC1CCCCN1S(=O)(=O)c1ccc(F)c(CN)c1F. The van der Waals surface area contributed by atoms with Gasteiger partial charge in [0.1, 0.15) is 10.7 Å². The molecular formula is C14H20F2N2O2S. The molecule has 2 rings (SSSR count). The number of rotatable bonds is 4. The van der Waals surface area contributed by atoms with Crippen LogP contribution in [-0.4, -0.2) is 25.3 Å². The van der Waals surface area contributed by atoms with E-state index in [0.717, 1.165) is 31.4 Å². The first-order chi connectivity index (χ1) is 9.93. The molecule has 1 heterocycles. The fourth-order valence-corrected chi connectivity index (χ4v) is 4.65. The quantitative estimate of drug-likeness (QED) is 0.927. The Kier molecular flexibility index (Phi) is 4.95. The zero-order valence-corrected chi connectivity index (χ0v) is 12.8. The first-order valence-electron chi connectivity index (χ1n) is 7.12. The van der Waals surface area contributed by atoms with Crippen LogP contribution in [0.2, 0.25) is 0 Å². The fraction of sp³-hybridized carbons (Fsp3) is 0.571. The molecular weight excluding hydrogens is 298 g/mol. The van der Waals surface area contributed by atoms with Crippen LogP contribution in [0.1, 0.15) is 38.2 Å². The molecule has 1 unspecified atom stereocenters. The molecule has 1 aromatic rings. The van der Waals surface area contributed by atoms with Crippen LogP contribution in [0.15, 0.2) is 17.0 Å². The van der Waals surface area contributed by atoms with Crippen LogP contribution in [-0.2, 0) is 16.6 Å². The fourth-order valence-electron chi connectivity index (χ4n) is 2.79. The zero-order valence-electron chi connectivity index (χ0n) is 12.0. The van der Waals surface area contributed by atoms with Gasteiger partial charge in [0, 0.05) is 24.7 Å². The van der Waals surface area contributed by atoms with Gasteiger partial charge in [-0.15, -0.1) is 0 Å². The minimum atomic E-state index is -3.97. The molecule has 0 bridgehead atoms. The van der Waals surface area contributed by atoms with Crippen molar-refractivity contribution in [1.29, 1.82) is 0 Å². The van der Waals surface area contributed by atoms with Crippen LogP contribution in [0.3, 0.4) is 0 Å². The van der Waals surface area contributed by atoms with Crippen molar-refractivity contribution in [2.24, 2.45) is 5.73 Å². The van der Waals surface area contributed by atoms with E-state index in [2.05, 4.69) is 0 Å². The molecule has 21 heavy (non-hydrogen) atoms. The van der Waals surface area contributed by atoms with E-state index in [0.29, 0.717) is 13.0 Å². The highest BCUT2D eigenvalue weighted by molar-refractivity contribution is 7.89. The van der Waals surface area contributed by atoms with Crippen LogP contribution in [0.25, 0.3) is 0 Å². The largest absolute Gasteiger partial charge is 0.326 e. The minimum Gasteiger partial charge on any atom is -0.326 e. The van der Waals surface area contributed by atoms with Gasteiger partial charge in [-0.25, -0.2) is 17.2 Å². The van der Waals surface area contributed by atoms with E-state index in [1.807, 2.05) is 6.92 Å². The number of piperidine rings is 1. The average Bonchev–Trinajstić information content (AvgIpc) is 2.47. The van der Waals surface area contributed by atoms with Crippen LogP contribution in [0.5, 0.6) is 0 Å². The Hall–Kier alpha value is -1.05. The van der Waals surface area contributed by atoms with E-state index >= 15 is 0 Å². The maximum absolute atomic E-state index is 14.3. The summed E-state index contributed by atoms with van der Waals surface area (Å²) in [6.45, 7) is 1.90. The first-order valence-corrected chi connectivity index (χ1v) is 8.56. The lowest BCUT2D eigenvalue weighted by Gasteiger charge is -2.34. The highest BCUT2D eigenvalue weighted by atomic mass is 32.2. The summed E-state index contributed by atoms with van der Waals surface area (Å²) < 4.78 is 54.5. The summed E-state index contributed by atoms with van der Waals surface area (Å²) in [6, 6.07) is 1.82. The molecule has 0 radical (unpaired) electrons. The third-order valence-electron chi connectivity index (χ3n) is 3.99. The van der Waals surface area contributed by atoms with E-state index in [4.69, 9.17) is 5.73 Å². The Morgan fingerprint density at radius 3 is 2.67 bits per heavy atom. The minimum absolute atomic E-state index is 0.130. The molecule has 0 amide bonds. The Balaban J connectivity index is 2.49. The van der Waals surface area contributed by atoms with Crippen molar-refractivity contribution in [2.75, 3.05) is 6.54 Å². The molecule has 0 aliphatic carbocycles. The number of nitrogens with two attached hydrogens (primary N) is 1.